The van der Waals surface area contributed by atoms with Crippen LogP contribution in [0.2, 0.25) is 0 Å². The van der Waals surface area contributed by atoms with E-state index in [4.69, 9.17) is 16.6 Å². The number of nitrogens with two attached hydrogens (primary N) is 2. The Morgan fingerprint density at radius 2 is 2.00 bits per heavy atom. The molecule has 54 valence electrons. The van der Waals surface area contributed by atoms with Gasteiger partial charge in [0.25, 0.3) is 0 Å². The van der Waals surface area contributed by atoms with E-state index in [0.717, 1.165) is 0 Å². The van der Waals surface area contributed by atoms with Crippen molar-refractivity contribution in [1.29, 1.82) is 0 Å². The molecule has 0 aliphatic heterocycles. The van der Waals surface area contributed by atoms with Crippen LogP contribution in [0.3, 0.4) is 0 Å². The normalized spacial score (nSPS) is 6.67. The highest BCUT2D eigenvalue weighted by atomic mass is 16.4. The van der Waals surface area contributed by atoms with E-state index in [2.05, 4.69) is 5.10 Å². The number of nitrogens with zero attached hydrogens (tertiary/aromatic N) is 1. The number of carbonyl (C=O) groups is 1. The summed E-state index contributed by atoms with van der Waals surface area (Å²) in [5.41, 5.74) is 11.1. The Bertz CT molecular complexity index is 117. The summed E-state index contributed by atoms with van der Waals surface area (Å²) in [6.45, 7) is 0. The van der Waals surface area contributed by atoms with Crippen LogP contribution in [0.15, 0.2) is 5.10 Å². The fraction of sp³-hybridized carbons (Fsp3) is 0. The van der Waals surface area contributed by atoms with Gasteiger partial charge in [-0.1, -0.05) is 0 Å². The zero-order valence-electron chi connectivity index (χ0n) is 4.46. The van der Waals surface area contributed by atoms with Crippen LogP contribution in [0.4, 0.5) is 4.79 Å². The molecule has 0 aromatic carbocycles. The van der Waals surface area contributed by atoms with E-state index in [1.54, 1.807) is 5.43 Å². The fourth-order valence-corrected chi connectivity index (χ4v) is 0.112. The van der Waals surface area contributed by atoms with Gasteiger partial charge in [-0.25, -0.2) is 10.2 Å². The van der Waals surface area contributed by atoms with Gasteiger partial charge in [-0.2, -0.15) is 0 Å². The van der Waals surface area contributed by atoms with Crippen LogP contribution in [-0.4, -0.2) is 22.6 Å². The third-order valence-corrected chi connectivity index (χ3v) is 0.281. The minimum atomic E-state index is -1.29. The second-order valence-corrected chi connectivity index (χ2v) is 0.954. The standard InChI is InChI=1S/C2H6N4O2.H2O/c3-1(4)5-6-2(7)8;/h6H,(H,7,8)(H4,3,4,5);1H2. The van der Waals surface area contributed by atoms with Crippen LogP contribution < -0.4 is 16.9 Å². The highest BCUT2D eigenvalue weighted by Crippen LogP contribution is 1.57. The molecule has 0 aromatic rings. The highest BCUT2D eigenvalue weighted by molar-refractivity contribution is 5.77. The molecule has 0 bridgehead atoms. The molecule has 0 aliphatic carbocycles. The summed E-state index contributed by atoms with van der Waals surface area (Å²) in [5.74, 6) is -0.313. The van der Waals surface area contributed by atoms with Crippen LogP contribution in [0.1, 0.15) is 0 Å². The van der Waals surface area contributed by atoms with Crippen molar-refractivity contribution in [3.63, 3.8) is 0 Å². The second kappa shape index (κ2) is 4.65. The van der Waals surface area contributed by atoms with Crippen LogP contribution in [0.5, 0.6) is 0 Å². The van der Waals surface area contributed by atoms with Crippen molar-refractivity contribution < 1.29 is 15.4 Å². The summed E-state index contributed by atoms with van der Waals surface area (Å²) in [5, 5.41) is 10.8. The summed E-state index contributed by atoms with van der Waals surface area (Å²) in [7, 11) is 0. The fourth-order valence-electron chi connectivity index (χ4n) is 0.112. The molecular weight excluding hydrogens is 128 g/mol. The SMILES string of the molecule is NC(N)=NNC(=O)O.O. The minimum Gasteiger partial charge on any atom is -0.464 e. The number of hydrogen-bond acceptors (Lipinski definition) is 2. The summed E-state index contributed by atoms with van der Waals surface area (Å²) in [4.78, 5) is 9.57. The Labute approximate surface area is 50.6 Å². The van der Waals surface area contributed by atoms with Gasteiger partial charge in [-0.3, -0.25) is 0 Å². The third kappa shape index (κ3) is 10.7. The number of carboxylic acid groups (broad SMARTS) is 1. The van der Waals surface area contributed by atoms with E-state index in [0.29, 0.717) is 0 Å². The number of hydrogen-bond donors (Lipinski definition) is 4. The van der Waals surface area contributed by atoms with Crippen molar-refractivity contribution in [2.24, 2.45) is 16.6 Å². The summed E-state index contributed by atoms with van der Waals surface area (Å²) in [6.07, 6.45) is -1.29. The average Bonchev–Trinajstić information content (AvgIpc) is 1.61. The molecule has 0 rings (SSSR count). The van der Waals surface area contributed by atoms with Gasteiger partial charge < -0.3 is 22.1 Å². The Morgan fingerprint density at radius 1 is 1.56 bits per heavy atom. The molecule has 0 heterocycles. The molecular formula is C2H8N4O3. The number of amides is 1. The zero-order chi connectivity index (χ0) is 6.57. The number of hydrazone groups is 1. The number of rotatable bonds is 1. The van der Waals surface area contributed by atoms with Crippen molar-refractivity contribution in [3.8, 4) is 0 Å². The van der Waals surface area contributed by atoms with Crippen LogP contribution in [0, 0.1) is 0 Å². The number of guanidine groups is 1. The maximum atomic E-state index is 9.57. The first kappa shape index (κ1) is 10.5. The first-order chi connectivity index (χ1) is 3.63. The lowest BCUT2D eigenvalue weighted by molar-refractivity contribution is 0.195. The Hall–Kier alpha value is -1.50. The average molecular weight is 136 g/mol. The molecule has 0 aromatic heterocycles. The van der Waals surface area contributed by atoms with Crippen molar-refractivity contribution in [2.75, 3.05) is 0 Å². The van der Waals surface area contributed by atoms with Gasteiger partial charge in [0, 0.05) is 0 Å². The first-order valence-corrected chi connectivity index (χ1v) is 1.70. The van der Waals surface area contributed by atoms with Gasteiger partial charge in [-0.15, -0.1) is 5.10 Å². The lowest BCUT2D eigenvalue weighted by Gasteiger charge is -1.88. The molecule has 7 heteroatoms. The summed E-state index contributed by atoms with van der Waals surface area (Å²) in [6, 6.07) is 0. The van der Waals surface area contributed by atoms with E-state index >= 15 is 0 Å². The van der Waals surface area contributed by atoms with Gasteiger partial charge in [0.15, 0.2) is 0 Å². The third-order valence-electron chi connectivity index (χ3n) is 0.281. The van der Waals surface area contributed by atoms with E-state index in [-0.39, 0.29) is 11.4 Å². The first-order valence-electron chi connectivity index (χ1n) is 1.70. The Morgan fingerprint density at radius 3 is 2.11 bits per heavy atom. The second-order valence-electron chi connectivity index (χ2n) is 0.954. The van der Waals surface area contributed by atoms with Crippen molar-refractivity contribution in [3.05, 3.63) is 0 Å². The molecule has 1 amide bonds. The van der Waals surface area contributed by atoms with Crippen molar-refractivity contribution >= 4 is 12.1 Å². The molecule has 7 nitrogen and oxygen atoms in total. The van der Waals surface area contributed by atoms with Crippen LogP contribution in [-0.2, 0) is 0 Å². The highest BCUT2D eigenvalue weighted by Gasteiger charge is 1.86. The number of nitrogens with one attached hydrogen (secondary N) is 1. The smallest absolute Gasteiger partial charge is 0.425 e. The minimum absolute atomic E-state index is 0. The molecule has 0 atom stereocenters. The van der Waals surface area contributed by atoms with Crippen LogP contribution in [0.25, 0.3) is 0 Å². The largest absolute Gasteiger partial charge is 0.464 e. The van der Waals surface area contributed by atoms with Crippen molar-refractivity contribution in [2.45, 2.75) is 0 Å². The topological polar surface area (TPSA) is 145 Å². The van der Waals surface area contributed by atoms with Gasteiger partial charge >= 0.3 is 6.09 Å². The molecule has 0 saturated heterocycles. The van der Waals surface area contributed by atoms with E-state index in [1.165, 1.54) is 0 Å². The lowest BCUT2D eigenvalue weighted by atomic mass is 11.1. The molecule has 0 saturated carbocycles. The predicted molar refractivity (Wildman–Crippen MR) is 30.6 cm³/mol. The molecule has 8 N–H and O–H groups in total. The van der Waals surface area contributed by atoms with E-state index in [9.17, 15) is 4.79 Å². The van der Waals surface area contributed by atoms with Gasteiger partial charge in [0.1, 0.15) is 0 Å². The maximum Gasteiger partial charge on any atom is 0.425 e. The molecule has 0 unspecified atom stereocenters. The molecule has 0 radical (unpaired) electrons. The summed E-state index contributed by atoms with van der Waals surface area (Å²) < 4.78 is 0. The van der Waals surface area contributed by atoms with E-state index < -0.39 is 6.09 Å². The molecule has 0 fully saturated rings. The lowest BCUT2D eigenvalue weighted by Crippen LogP contribution is -2.28. The quantitative estimate of drug-likeness (QED) is 0.181. The molecule has 9 heavy (non-hydrogen) atoms. The molecule has 0 spiro atoms. The van der Waals surface area contributed by atoms with Gasteiger partial charge in [0.2, 0.25) is 5.96 Å². The maximum absolute atomic E-state index is 9.57. The zero-order valence-corrected chi connectivity index (χ0v) is 4.46. The Kier molecular flexibility index (Phi) is 5.42. The summed E-state index contributed by atoms with van der Waals surface area (Å²) >= 11 is 0. The van der Waals surface area contributed by atoms with Gasteiger partial charge in [0.05, 0.1) is 0 Å². The van der Waals surface area contributed by atoms with Crippen molar-refractivity contribution in [1.82, 2.24) is 5.43 Å². The molecule has 0 aliphatic rings. The van der Waals surface area contributed by atoms with E-state index in [1.807, 2.05) is 0 Å². The predicted octanol–water partition coefficient (Wildman–Crippen LogP) is -2.38. The Balaban J connectivity index is 0. The van der Waals surface area contributed by atoms with Crippen LogP contribution >= 0.6 is 0 Å². The van der Waals surface area contributed by atoms with Gasteiger partial charge in [-0.05, 0) is 0 Å². The monoisotopic (exact) mass is 136 g/mol.